The number of piperidine rings is 1. The molecule has 0 aliphatic carbocycles. The summed E-state index contributed by atoms with van der Waals surface area (Å²) in [5, 5.41) is 3.62. The van der Waals surface area contributed by atoms with Crippen LogP contribution in [0.3, 0.4) is 0 Å². The van der Waals surface area contributed by atoms with Crippen molar-refractivity contribution in [2.75, 3.05) is 39.9 Å². The molecule has 1 aromatic rings. The number of rotatable bonds is 8. The molecule has 0 saturated carbocycles. The molecule has 1 heterocycles. The lowest BCUT2D eigenvalue weighted by Gasteiger charge is -2.33. The molecular formula is C18H30N2O. The number of methoxy groups -OCH3 is 1. The molecule has 2 rings (SSSR count). The second-order valence-corrected chi connectivity index (χ2v) is 6.07. The number of likely N-dealkylation sites (tertiary alicyclic amines) is 1. The SMILES string of the molecule is CCNC(CCN1CCCC(COC)C1)c1ccccc1. The second kappa shape index (κ2) is 9.19. The van der Waals surface area contributed by atoms with Crippen molar-refractivity contribution in [1.82, 2.24) is 10.2 Å². The molecule has 1 fully saturated rings. The molecule has 21 heavy (non-hydrogen) atoms. The zero-order valence-electron chi connectivity index (χ0n) is 13.6. The molecule has 0 bridgehead atoms. The van der Waals surface area contributed by atoms with Crippen LogP contribution in [0.15, 0.2) is 30.3 Å². The third-order valence-corrected chi connectivity index (χ3v) is 4.39. The number of hydrogen-bond acceptors (Lipinski definition) is 3. The predicted molar refractivity (Wildman–Crippen MR) is 88.5 cm³/mol. The summed E-state index contributed by atoms with van der Waals surface area (Å²) in [6.07, 6.45) is 3.81. The van der Waals surface area contributed by atoms with Crippen molar-refractivity contribution >= 4 is 0 Å². The van der Waals surface area contributed by atoms with Gasteiger partial charge in [0.2, 0.25) is 0 Å². The highest BCUT2D eigenvalue weighted by molar-refractivity contribution is 5.18. The zero-order valence-corrected chi connectivity index (χ0v) is 13.6. The van der Waals surface area contributed by atoms with E-state index in [0.717, 1.165) is 19.1 Å². The maximum absolute atomic E-state index is 5.32. The van der Waals surface area contributed by atoms with Crippen molar-refractivity contribution < 1.29 is 4.74 Å². The van der Waals surface area contributed by atoms with Gasteiger partial charge in [0.25, 0.3) is 0 Å². The maximum Gasteiger partial charge on any atom is 0.0502 e. The van der Waals surface area contributed by atoms with Gasteiger partial charge in [-0.15, -0.1) is 0 Å². The summed E-state index contributed by atoms with van der Waals surface area (Å²) in [6.45, 7) is 7.73. The van der Waals surface area contributed by atoms with Crippen LogP contribution >= 0.6 is 0 Å². The average Bonchev–Trinajstić information content (AvgIpc) is 2.53. The Morgan fingerprint density at radius 1 is 1.33 bits per heavy atom. The topological polar surface area (TPSA) is 24.5 Å². The lowest BCUT2D eigenvalue weighted by atomic mass is 9.97. The van der Waals surface area contributed by atoms with Crippen LogP contribution in [0.5, 0.6) is 0 Å². The first-order valence-electron chi connectivity index (χ1n) is 8.33. The smallest absolute Gasteiger partial charge is 0.0502 e. The summed E-state index contributed by atoms with van der Waals surface area (Å²) >= 11 is 0. The van der Waals surface area contributed by atoms with Gasteiger partial charge in [0.05, 0.1) is 6.61 Å². The Morgan fingerprint density at radius 2 is 2.14 bits per heavy atom. The molecule has 0 aromatic heterocycles. The molecule has 1 aliphatic heterocycles. The molecule has 0 radical (unpaired) electrons. The highest BCUT2D eigenvalue weighted by atomic mass is 16.5. The van der Waals surface area contributed by atoms with E-state index < -0.39 is 0 Å². The van der Waals surface area contributed by atoms with Crippen LogP contribution in [0.25, 0.3) is 0 Å². The molecule has 3 nitrogen and oxygen atoms in total. The lowest BCUT2D eigenvalue weighted by molar-refractivity contribution is 0.0886. The molecule has 1 aromatic carbocycles. The molecule has 2 atom stereocenters. The molecular weight excluding hydrogens is 260 g/mol. The first kappa shape index (κ1) is 16.5. The first-order valence-corrected chi connectivity index (χ1v) is 8.33. The van der Waals surface area contributed by atoms with E-state index in [2.05, 4.69) is 47.5 Å². The van der Waals surface area contributed by atoms with E-state index in [1.807, 2.05) is 7.11 Å². The summed E-state index contributed by atoms with van der Waals surface area (Å²) in [5.41, 5.74) is 1.41. The van der Waals surface area contributed by atoms with Gasteiger partial charge < -0.3 is 15.0 Å². The van der Waals surface area contributed by atoms with Gasteiger partial charge in [-0.1, -0.05) is 37.3 Å². The Morgan fingerprint density at radius 3 is 2.86 bits per heavy atom. The Balaban J connectivity index is 1.84. The molecule has 1 aliphatic rings. The molecule has 1 N–H and O–H groups in total. The van der Waals surface area contributed by atoms with E-state index in [4.69, 9.17) is 4.74 Å². The van der Waals surface area contributed by atoms with E-state index in [0.29, 0.717) is 6.04 Å². The minimum Gasteiger partial charge on any atom is -0.384 e. The van der Waals surface area contributed by atoms with Gasteiger partial charge in [0.15, 0.2) is 0 Å². The minimum atomic E-state index is 0.471. The Hall–Kier alpha value is -0.900. The zero-order chi connectivity index (χ0) is 14.9. The van der Waals surface area contributed by atoms with Crippen LogP contribution in [-0.2, 0) is 4.74 Å². The number of benzene rings is 1. The first-order chi connectivity index (χ1) is 10.3. The third-order valence-electron chi connectivity index (χ3n) is 4.39. The summed E-state index contributed by atoms with van der Waals surface area (Å²) in [7, 11) is 1.82. The van der Waals surface area contributed by atoms with Gasteiger partial charge in [0, 0.05) is 19.7 Å². The fourth-order valence-electron chi connectivity index (χ4n) is 3.36. The van der Waals surface area contributed by atoms with Crippen LogP contribution in [0, 0.1) is 5.92 Å². The monoisotopic (exact) mass is 290 g/mol. The molecule has 2 unspecified atom stereocenters. The third kappa shape index (κ3) is 5.42. The van der Waals surface area contributed by atoms with E-state index in [1.54, 1.807) is 0 Å². The normalized spacial score (nSPS) is 21.3. The van der Waals surface area contributed by atoms with Crippen molar-refractivity contribution in [2.24, 2.45) is 5.92 Å². The Bertz CT molecular complexity index is 380. The van der Waals surface area contributed by atoms with Crippen molar-refractivity contribution in [1.29, 1.82) is 0 Å². The highest BCUT2D eigenvalue weighted by Gasteiger charge is 2.20. The van der Waals surface area contributed by atoms with Crippen molar-refractivity contribution in [3.8, 4) is 0 Å². The average molecular weight is 290 g/mol. The number of ether oxygens (including phenoxy) is 1. The molecule has 3 heteroatoms. The summed E-state index contributed by atoms with van der Waals surface area (Å²) in [5.74, 6) is 0.720. The quantitative estimate of drug-likeness (QED) is 0.796. The summed E-state index contributed by atoms with van der Waals surface area (Å²) in [6, 6.07) is 11.3. The van der Waals surface area contributed by atoms with Gasteiger partial charge >= 0.3 is 0 Å². The number of nitrogens with one attached hydrogen (secondary N) is 1. The Labute approximate surface area is 129 Å². The van der Waals surface area contributed by atoms with Crippen LogP contribution in [0.2, 0.25) is 0 Å². The molecule has 118 valence electrons. The molecule has 0 spiro atoms. The standard InChI is InChI=1S/C18H30N2O/c1-3-19-18(17-9-5-4-6-10-17)11-13-20-12-7-8-16(14-20)15-21-2/h4-6,9-10,16,18-19H,3,7-8,11-15H2,1-2H3. The fraction of sp³-hybridized carbons (Fsp3) is 0.667. The molecule has 1 saturated heterocycles. The van der Waals surface area contributed by atoms with Gasteiger partial charge in [-0.25, -0.2) is 0 Å². The highest BCUT2D eigenvalue weighted by Crippen LogP contribution is 2.20. The fourth-order valence-corrected chi connectivity index (χ4v) is 3.36. The second-order valence-electron chi connectivity index (χ2n) is 6.07. The van der Waals surface area contributed by atoms with Gasteiger partial charge in [-0.2, -0.15) is 0 Å². The van der Waals surface area contributed by atoms with Crippen molar-refractivity contribution in [3.05, 3.63) is 35.9 Å². The Kier molecular flexibility index (Phi) is 7.20. The minimum absolute atomic E-state index is 0.471. The largest absolute Gasteiger partial charge is 0.384 e. The van der Waals surface area contributed by atoms with Gasteiger partial charge in [-0.3, -0.25) is 0 Å². The van der Waals surface area contributed by atoms with Crippen LogP contribution in [0.4, 0.5) is 0 Å². The predicted octanol–water partition coefficient (Wildman–Crippen LogP) is 3.09. The summed E-state index contributed by atoms with van der Waals surface area (Å²) in [4.78, 5) is 2.61. The lowest BCUT2D eigenvalue weighted by Crippen LogP contribution is -2.38. The van der Waals surface area contributed by atoms with Gasteiger partial charge in [0.1, 0.15) is 0 Å². The van der Waals surface area contributed by atoms with Crippen LogP contribution in [-0.4, -0.2) is 44.8 Å². The van der Waals surface area contributed by atoms with Crippen molar-refractivity contribution in [3.63, 3.8) is 0 Å². The van der Waals surface area contributed by atoms with E-state index in [1.165, 1.54) is 44.5 Å². The van der Waals surface area contributed by atoms with Gasteiger partial charge in [-0.05, 0) is 50.4 Å². The number of nitrogens with zero attached hydrogens (tertiary/aromatic N) is 1. The van der Waals surface area contributed by atoms with E-state index in [-0.39, 0.29) is 0 Å². The van der Waals surface area contributed by atoms with Crippen molar-refractivity contribution in [2.45, 2.75) is 32.2 Å². The maximum atomic E-state index is 5.32. The van der Waals surface area contributed by atoms with Crippen LogP contribution < -0.4 is 5.32 Å². The van der Waals surface area contributed by atoms with E-state index >= 15 is 0 Å². The summed E-state index contributed by atoms with van der Waals surface area (Å²) < 4.78 is 5.32. The molecule has 0 amide bonds. The van der Waals surface area contributed by atoms with Crippen LogP contribution in [0.1, 0.15) is 37.8 Å². The number of hydrogen-bond donors (Lipinski definition) is 1. The van der Waals surface area contributed by atoms with E-state index in [9.17, 15) is 0 Å².